The molecule has 3 nitrogen and oxygen atoms in total. The molecule has 33 heavy (non-hydrogen) atoms. The fourth-order valence-electron chi connectivity index (χ4n) is 5.23. The summed E-state index contributed by atoms with van der Waals surface area (Å²) in [6.07, 6.45) is 30.4. The van der Waals surface area contributed by atoms with Gasteiger partial charge in [-0.3, -0.25) is 0 Å². The first kappa shape index (κ1) is 33.8. The minimum atomic E-state index is -2.02. The van der Waals surface area contributed by atoms with Crippen LogP contribution >= 0.6 is 20.8 Å². The van der Waals surface area contributed by atoms with Crippen molar-refractivity contribution in [2.45, 2.75) is 135 Å². The Labute approximate surface area is 215 Å². The Balaban J connectivity index is 4.23. The summed E-state index contributed by atoms with van der Waals surface area (Å²) in [5.74, 6) is 0. The van der Waals surface area contributed by atoms with Crippen molar-refractivity contribution in [1.29, 1.82) is 0 Å². The Bertz CT molecular complexity index is 379. The fraction of sp³-hybridized carbons (Fsp3) is 1.00. The van der Waals surface area contributed by atoms with Gasteiger partial charge in [0.15, 0.2) is 0 Å². The van der Waals surface area contributed by atoms with Crippen molar-refractivity contribution in [2.24, 2.45) is 0 Å². The molecular weight excluding hydrogens is 495 g/mol. The number of rotatable bonds is 27. The molecule has 0 heterocycles. The molecule has 0 aromatic heterocycles. The van der Waals surface area contributed by atoms with Gasteiger partial charge < -0.3 is 0 Å². The van der Waals surface area contributed by atoms with E-state index in [4.69, 9.17) is 0 Å². The van der Waals surface area contributed by atoms with Crippen LogP contribution in [0, 0.1) is 0 Å². The number of halogens is 1. The second kappa shape index (κ2) is 23.2. The fourth-order valence-corrected chi connectivity index (χ4v) is 13.6. The Morgan fingerprint density at radius 2 is 0.636 bits per heavy atom. The van der Waals surface area contributed by atoms with Crippen LogP contribution in [0.15, 0.2) is 0 Å². The van der Waals surface area contributed by atoms with Crippen molar-refractivity contribution < 1.29 is 15.3 Å². The van der Waals surface area contributed by atoms with Gasteiger partial charge in [-0.25, -0.2) is 0 Å². The first-order chi connectivity index (χ1) is 16.0. The standard InChI is InChI=1S/C28H60BrO3P/c1-2-3-4-5-6-7-8-9-10-11-12-13-14-18-25-33(29,26-19-15-22-30,27-20-16-23-31)28-21-17-24-32/h30-32H,2-28H2,1H3. The molecule has 0 amide bonds. The van der Waals surface area contributed by atoms with Gasteiger partial charge >= 0.3 is 190 Å². The summed E-state index contributed by atoms with van der Waals surface area (Å²) in [4.78, 5) is 0. The van der Waals surface area contributed by atoms with Gasteiger partial charge in [0.2, 0.25) is 0 Å². The molecule has 202 valence electrons. The summed E-state index contributed by atoms with van der Waals surface area (Å²) in [5.41, 5.74) is 0. The molecule has 0 spiro atoms. The second-order valence-corrected chi connectivity index (χ2v) is 22.0. The van der Waals surface area contributed by atoms with Gasteiger partial charge in [-0.15, -0.1) is 0 Å². The van der Waals surface area contributed by atoms with Crippen LogP contribution in [0.3, 0.4) is 0 Å². The predicted octanol–water partition coefficient (Wildman–Crippen LogP) is 8.65. The third kappa shape index (κ3) is 19.6. The van der Waals surface area contributed by atoms with Crippen LogP contribution in [-0.2, 0) is 0 Å². The van der Waals surface area contributed by atoms with Crippen molar-refractivity contribution in [3.8, 4) is 0 Å². The van der Waals surface area contributed by atoms with E-state index in [0.29, 0.717) is 0 Å². The average molecular weight is 556 g/mol. The first-order valence-electron chi connectivity index (χ1n) is 14.6. The van der Waals surface area contributed by atoms with Gasteiger partial charge in [0.25, 0.3) is 0 Å². The van der Waals surface area contributed by atoms with Crippen LogP contribution in [0.2, 0.25) is 0 Å². The molecule has 0 unspecified atom stereocenters. The maximum atomic E-state index is 9.32. The monoisotopic (exact) mass is 554 g/mol. The molecule has 0 saturated heterocycles. The topological polar surface area (TPSA) is 60.7 Å². The van der Waals surface area contributed by atoms with Crippen LogP contribution in [0.25, 0.3) is 0 Å². The number of hydrogen-bond acceptors (Lipinski definition) is 3. The van der Waals surface area contributed by atoms with E-state index >= 15 is 0 Å². The molecule has 0 saturated carbocycles. The molecule has 0 aliphatic carbocycles. The van der Waals surface area contributed by atoms with E-state index in [1.54, 1.807) is 0 Å². The van der Waals surface area contributed by atoms with Gasteiger partial charge in [0.1, 0.15) is 0 Å². The summed E-state index contributed by atoms with van der Waals surface area (Å²) in [6.45, 7) is 3.14. The molecule has 0 rings (SSSR count). The number of aliphatic hydroxyl groups excluding tert-OH is 3. The molecule has 0 aromatic carbocycles. The summed E-state index contributed by atoms with van der Waals surface area (Å²) < 4.78 is 0. The zero-order valence-electron chi connectivity index (χ0n) is 22.3. The maximum absolute atomic E-state index is 9.32. The van der Waals surface area contributed by atoms with Crippen molar-refractivity contribution in [3.05, 3.63) is 0 Å². The molecule has 0 aliphatic heterocycles. The van der Waals surface area contributed by atoms with Crippen LogP contribution < -0.4 is 0 Å². The molecule has 0 bridgehead atoms. The summed E-state index contributed by atoms with van der Waals surface area (Å²) >= 11 is 4.41. The average Bonchev–Trinajstić information content (AvgIpc) is 2.80. The quantitative estimate of drug-likeness (QED) is 0.0702. The normalized spacial score (nSPS) is 13.3. The number of aliphatic hydroxyl groups is 3. The van der Waals surface area contributed by atoms with Crippen molar-refractivity contribution in [1.82, 2.24) is 0 Å². The molecule has 3 N–H and O–H groups in total. The van der Waals surface area contributed by atoms with Crippen molar-refractivity contribution >= 4 is 20.8 Å². The van der Waals surface area contributed by atoms with Gasteiger partial charge in [0, 0.05) is 0 Å². The van der Waals surface area contributed by atoms with Crippen LogP contribution in [0.5, 0.6) is 0 Å². The molecular formula is C28H60BrO3P. The Morgan fingerprint density at radius 1 is 0.394 bits per heavy atom. The molecule has 0 atom stereocenters. The van der Waals surface area contributed by atoms with Crippen LogP contribution in [0.4, 0.5) is 0 Å². The molecule has 0 fully saturated rings. The molecule has 0 aliphatic rings. The number of unbranched alkanes of at least 4 members (excludes halogenated alkanes) is 16. The molecule has 0 aromatic rings. The summed E-state index contributed by atoms with van der Waals surface area (Å²) in [5, 5.41) is 25.9. The van der Waals surface area contributed by atoms with E-state index in [2.05, 4.69) is 22.4 Å². The second-order valence-electron chi connectivity index (χ2n) is 10.6. The molecule has 0 radical (unpaired) electrons. The minimum absolute atomic E-state index is 0.283. The SMILES string of the molecule is CCCCCCCCCCCCCCCCP(Br)(CCCCO)(CCCCO)CCCCO. The van der Waals surface area contributed by atoms with Crippen molar-refractivity contribution in [2.75, 3.05) is 44.5 Å². The zero-order valence-corrected chi connectivity index (χ0v) is 24.7. The van der Waals surface area contributed by atoms with E-state index in [9.17, 15) is 15.3 Å². The Kier molecular flexibility index (Phi) is 23.8. The Morgan fingerprint density at radius 3 is 0.909 bits per heavy atom. The van der Waals surface area contributed by atoms with Gasteiger partial charge in [-0.05, 0) is 0 Å². The third-order valence-corrected chi connectivity index (χ3v) is 17.4. The van der Waals surface area contributed by atoms with Crippen molar-refractivity contribution in [3.63, 3.8) is 0 Å². The zero-order chi connectivity index (χ0) is 24.5. The summed E-state index contributed by atoms with van der Waals surface area (Å²) in [6, 6.07) is 0. The Hall–Kier alpha value is 0.790. The number of hydrogen-bond donors (Lipinski definition) is 3. The first-order valence-corrected chi connectivity index (χ1v) is 19.6. The van der Waals surface area contributed by atoms with Crippen LogP contribution in [-0.4, -0.2) is 59.8 Å². The van der Waals surface area contributed by atoms with E-state index in [1.807, 2.05) is 0 Å². The van der Waals surface area contributed by atoms with E-state index < -0.39 is 5.31 Å². The van der Waals surface area contributed by atoms with Gasteiger partial charge in [0.05, 0.1) is 0 Å². The van der Waals surface area contributed by atoms with Crippen LogP contribution in [0.1, 0.15) is 135 Å². The van der Waals surface area contributed by atoms with E-state index in [-0.39, 0.29) is 19.8 Å². The third-order valence-electron chi connectivity index (χ3n) is 7.45. The van der Waals surface area contributed by atoms with E-state index in [0.717, 1.165) is 38.5 Å². The van der Waals surface area contributed by atoms with Gasteiger partial charge in [-0.1, -0.05) is 26.2 Å². The van der Waals surface area contributed by atoms with E-state index in [1.165, 1.54) is 115 Å². The predicted molar refractivity (Wildman–Crippen MR) is 155 cm³/mol. The van der Waals surface area contributed by atoms with Gasteiger partial charge in [-0.2, -0.15) is 0 Å². The summed E-state index contributed by atoms with van der Waals surface area (Å²) in [7, 11) is 0. The molecule has 5 heteroatoms.